The van der Waals surface area contributed by atoms with E-state index in [-0.39, 0.29) is 12.3 Å². The number of esters is 1. The van der Waals surface area contributed by atoms with Gasteiger partial charge in [-0.25, -0.2) is 4.79 Å². The van der Waals surface area contributed by atoms with E-state index in [1.165, 1.54) is 23.8 Å². The van der Waals surface area contributed by atoms with Crippen molar-refractivity contribution in [2.45, 2.75) is 19.3 Å². The van der Waals surface area contributed by atoms with E-state index in [1.807, 2.05) is 0 Å². The molecule has 1 saturated heterocycles. The van der Waals surface area contributed by atoms with E-state index in [0.717, 1.165) is 0 Å². The number of ether oxygens (including phenoxy) is 1. The van der Waals surface area contributed by atoms with Crippen LogP contribution in [-0.4, -0.2) is 45.8 Å². The molecule has 0 aromatic heterocycles. The van der Waals surface area contributed by atoms with Crippen LogP contribution in [0.2, 0.25) is 0 Å². The number of hydrogen-bond acceptors (Lipinski definition) is 6. The van der Waals surface area contributed by atoms with Gasteiger partial charge in [0.05, 0.1) is 17.6 Å². The van der Waals surface area contributed by atoms with Gasteiger partial charge in [0.25, 0.3) is 5.91 Å². The van der Waals surface area contributed by atoms with Gasteiger partial charge >= 0.3 is 11.9 Å². The first-order chi connectivity index (χ1) is 11.9. The SMILES string of the molecule is COC(=O)c1ccccc1/C=C1\SC(=S)N(CCCCC(=O)O)C1=O. The van der Waals surface area contributed by atoms with Crippen molar-refractivity contribution in [2.75, 3.05) is 13.7 Å². The average molecular weight is 379 g/mol. The maximum absolute atomic E-state index is 12.5. The lowest BCUT2D eigenvalue weighted by Gasteiger charge is -2.13. The number of unbranched alkanes of at least 4 members (excludes halogenated alkanes) is 1. The zero-order valence-corrected chi connectivity index (χ0v) is 15.2. The van der Waals surface area contributed by atoms with Gasteiger partial charge in [-0.2, -0.15) is 0 Å². The molecule has 0 spiro atoms. The molecule has 1 fully saturated rings. The quantitative estimate of drug-likeness (QED) is 0.337. The number of carboxylic acid groups (broad SMARTS) is 1. The smallest absolute Gasteiger partial charge is 0.338 e. The van der Waals surface area contributed by atoms with E-state index < -0.39 is 11.9 Å². The van der Waals surface area contributed by atoms with Gasteiger partial charge in [0, 0.05) is 13.0 Å². The normalized spacial score (nSPS) is 15.7. The number of hydrogen-bond donors (Lipinski definition) is 1. The molecule has 25 heavy (non-hydrogen) atoms. The third-order valence-electron chi connectivity index (χ3n) is 3.55. The van der Waals surface area contributed by atoms with Crippen molar-refractivity contribution in [1.82, 2.24) is 4.90 Å². The highest BCUT2D eigenvalue weighted by atomic mass is 32.2. The fourth-order valence-electron chi connectivity index (χ4n) is 2.30. The number of rotatable bonds is 7. The predicted molar refractivity (Wildman–Crippen MR) is 99.1 cm³/mol. The number of carboxylic acids is 1. The zero-order valence-electron chi connectivity index (χ0n) is 13.6. The molecule has 1 heterocycles. The second-order valence-electron chi connectivity index (χ2n) is 5.26. The van der Waals surface area contributed by atoms with Crippen LogP contribution in [0.4, 0.5) is 0 Å². The summed E-state index contributed by atoms with van der Waals surface area (Å²) in [4.78, 5) is 36.8. The van der Waals surface area contributed by atoms with Crippen LogP contribution in [-0.2, 0) is 14.3 Å². The summed E-state index contributed by atoms with van der Waals surface area (Å²) < 4.78 is 5.18. The molecule has 1 N–H and O–H groups in total. The van der Waals surface area contributed by atoms with Gasteiger partial charge in [-0.1, -0.05) is 42.2 Å². The number of amides is 1. The fourth-order valence-corrected chi connectivity index (χ4v) is 3.60. The van der Waals surface area contributed by atoms with Crippen LogP contribution in [0.5, 0.6) is 0 Å². The summed E-state index contributed by atoms with van der Waals surface area (Å²) in [5, 5.41) is 8.65. The van der Waals surface area contributed by atoms with Crippen LogP contribution in [0.3, 0.4) is 0 Å². The van der Waals surface area contributed by atoms with Gasteiger partial charge in [-0.15, -0.1) is 0 Å². The average Bonchev–Trinajstić information content (AvgIpc) is 2.85. The van der Waals surface area contributed by atoms with Crippen LogP contribution >= 0.6 is 24.0 Å². The van der Waals surface area contributed by atoms with Crippen LogP contribution in [0, 0.1) is 0 Å². The molecule has 1 aromatic carbocycles. The third kappa shape index (κ3) is 4.90. The molecule has 1 amide bonds. The summed E-state index contributed by atoms with van der Waals surface area (Å²) in [5.74, 6) is -1.56. The van der Waals surface area contributed by atoms with Crippen LogP contribution in [0.15, 0.2) is 29.2 Å². The fraction of sp³-hybridized carbons (Fsp3) is 0.294. The molecule has 1 aliphatic rings. The Morgan fingerprint density at radius 1 is 1.32 bits per heavy atom. The maximum Gasteiger partial charge on any atom is 0.338 e. The molecule has 1 aliphatic heterocycles. The van der Waals surface area contributed by atoms with Gasteiger partial charge in [0.2, 0.25) is 0 Å². The van der Waals surface area contributed by atoms with Gasteiger partial charge in [-0.05, 0) is 30.5 Å². The van der Waals surface area contributed by atoms with Gasteiger partial charge in [-0.3, -0.25) is 14.5 Å². The monoisotopic (exact) mass is 379 g/mol. The lowest BCUT2D eigenvalue weighted by molar-refractivity contribution is -0.137. The van der Waals surface area contributed by atoms with Crippen molar-refractivity contribution in [1.29, 1.82) is 0 Å². The van der Waals surface area contributed by atoms with Crippen molar-refractivity contribution in [2.24, 2.45) is 0 Å². The van der Waals surface area contributed by atoms with E-state index in [9.17, 15) is 14.4 Å². The van der Waals surface area contributed by atoms with Crippen molar-refractivity contribution in [3.63, 3.8) is 0 Å². The predicted octanol–water partition coefficient (Wildman–Crippen LogP) is 2.93. The highest BCUT2D eigenvalue weighted by Crippen LogP contribution is 2.33. The molecule has 0 radical (unpaired) electrons. The first kappa shape index (κ1) is 19.1. The Bertz CT molecular complexity index is 744. The first-order valence-electron chi connectivity index (χ1n) is 7.58. The van der Waals surface area contributed by atoms with Crippen molar-refractivity contribution in [3.05, 3.63) is 40.3 Å². The van der Waals surface area contributed by atoms with Gasteiger partial charge in [0.15, 0.2) is 0 Å². The summed E-state index contributed by atoms with van der Waals surface area (Å²) in [5.41, 5.74) is 0.956. The Balaban J connectivity index is 2.12. The third-order valence-corrected chi connectivity index (χ3v) is 4.93. The summed E-state index contributed by atoms with van der Waals surface area (Å²) in [7, 11) is 1.30. The zero-order chi connectivity index (χ0) is 18.4. The standard InChI is InChI=1S/C17H17NO5S2/c1-23-16(22)12-7-3-2-6-11(12)10-13-15(21)18(17(24)25-13)9-5-4-8-14(19)20/h2-3,6-7,10H,4-5,8-9H2,1H3,(H,19,20)/b13-10-. The minimum atomic E-state index is -0.857. The minimum absolute atomic E-state index is 0.0666. The Hall–Kier alpha value is -2.19. The van der Waals surface area contributed by atoms with Crippen LogP contribution in [0.25, 0.3) is 6.08 Å². The molecular formula is C17H17NO5S2. The number of benzene rings is 1. The molecule has 0 bridgehead atoms. The summed E-state index contributed by atoms with van der Waals surface area (Å²) in [6.45, 7) is 0.383. The lowest BCUT2D eigenvalue weighted by Crippen LogP contribution is -2.29. The first-order valence-corrected chi connectivity index (χ1v) is 8.81. The van der Waals surface area contributed by atoms with Crippen molar-refractivity contribution < 1.29 is 24.2 Å². The molecule has 132 valence electrons. The Labute approximate surface area is 154 Å². The Morgan fingerprint density at radius 2 is 2.04 bits per heavy atom. The van der Waals surface area contributed by atoms with Crippen molar-refractivity contribution in [3.8, 4) is 0 Å². The highest BCUT2D eigenvalue weighted by molar-refractivity contribution is 8.26. The Kier molecular flexibility index (Phi) is 6.72. The van der Waals surface area contributed by atoms with Crippen molar-refractivity contribution >= 4 is 52.2 Å². The second-order valence-corrected chi connectivity index (χ2v) is 6.94. The molecule has 6 nitrogen and oxygen atoms in total. The van der Waals surface area contributed by atoms with E-state index in [0.29, 0.717) is 39.7 Å². The van der Waals surface area contributed by atoms with E-state index in [4.69, 9.17) is 22.1 Å². The lowest BCUT2D eigenvalue weighted by atomic mass is 10.1. The topological polar surface area (TPSA) is 83.9 Å². The molecule has 0 aliphatic carbocycles. The highest BCUT2D eigenvalue weighted by Gasteiger charge is 2.31. The van der Waals surface area contributed by atoms with Crippen LogP contribution in [0.1, 0.15) is 35.2 Å². The molecule has 0 saturated carbocycles. The van der Waals surface area contributed by atoms with E-state index >= 15 is 0 Å². The second kappa shape index (κ2) is 8.77. The Morgan fingerprint density at radius 3 is 2.72 bits per heavy atom. The minimum Gasteiger partial charge on any atom is -0.481 e. The number of carbonyl (C=O) groups excluding carboxylic acids is 2. The number of carbonyl (C=O) groups is 3. The number of thioether (sulfide) groups is 1. The number of methoxy groups -OCH3 is 1. The molecular weight excluding hydrogens is 362 g/mol. The molecule has 2 rings (SSSR count). The largest absolute Gasteiger partial charge is 0.481 e. The van der Waals surface area contributed by atoms with E-state index in [2.05, 4.69) is 0 Å². The summed E-state index contributed by atoms with van der Waals surface area (Å²) in [6.07, 6.45) is 2.74. The molecule has 0 unspecified atom stereocenters. The number of thiocarbonyl (C=S) groups is 1. The van der Waals surface area contributed by atoms with E-state index in [1.54, 1.807) is 30.3 Å². The van der Waals surface area contributed by atoms with Crippen LogP contribution < -0.4 is 0 Å². The summed E-state index contributed by atoms with van der Waals surface area (Å²) >= 11 is 6.41. The molecule has 0 atom stereocenters. The molecule has 8 heteroatoms. The summed E-state index contributed by atoms with van der Waals surface area (Å²) in [6, 6.07) is 6.85. The number of aliphatic carboxylic acids is 1. The van der Waals surface area contributed by atoms with Gasteiger partial charge < -0.3 is 9.84 Å². The molecule has 1 aromatic rings. The van der Waals surface area contributed by atoms with Gasteiger partial charge in [0.1, 0.15) is 4.32 Å². The number of nitrogens with zero attached hydrogens (tertiary/aromatic N) is 1. The maximum atomic E-state index is 12.5.